The largest absolute Gasteiger partial charge is 0.508 e. The highest BCUT2D eigenvalue weighted by atomic mass is 16.6. The van der Waals surface area contributed by atoms with Crippen molar-refractivity contribution in [2.45, 2.75) is 62.6 Å². The van der Waals surface area contributed by atoms with Crippen LogP contribution in [0.15, 0.2) is 18.2 Å². The van der Waals surface area contributed by atoms with E-state index in [2.05, 4.69) is 13.0 Å². The van der Waals surface area contributed by atoms with Crippen LogP contribution in [-0.4, -0.2) is 16.3 Å². The molecule has 1 aliphatic heterocycles. The number of hydrogen-bond donors (Lipinski definition) is 1. The van der Waals surface area contributed by atoms with Crippen LogP contribution < -0.4 is 0 Å². The van der Waals surface area contributed by atoms with E-state index in [-0.39, 0.29) is 11.2 Å². The van der Waals surface area contributed by atoms with Gasteiger partial charge in [0.2, 0.25) is 0 Å². The van der Waals surface area contributed by atoms with E-state index in [1.807, 2.05) is 12.1 Å². The number of phenolic OH excluding ortho intramolecular Hbond substituents is 1. The summed E-state index contributed by atoms with van der Waals surface area (Å²) in [6, 6.07) is 6.04. The molecule has 5 atom stereocenters. The lowest BCUT2D eigenvalue weighted by molar-refractivity contribution is 0.0632. The first kappa shape index (κ1) is 11.6. The van der Waals surface area contributed by atoms with Crippen molar-refractivity contribution in [2.75, 3.05) is 0 Å². The lowest BCUT2D eigenvalue weighted by Gasteiger charge is -2.44. The zero-order chi connectivity index (χ0) is 13.5. The van der Waals surface area contributed by atoms with Gasteiger partial charge in [-0.3, -0.25) is 0 Å². The first-order valence-electron chi connectivity index (χ1n) is 8.15. The maximum absolute atomic E-state index is 9.70. The Morgan fingerprint density at radius 1 is 1.20 bits per heavy atom. The van der Waals surface area contributed by atoms with Crippen molar-refractivity contribution >= 4 is 0 Å². The van der Waals surface area contributed by atoms with Gasteiger partial charge < -0.3 is 9.84 Å². The van der Waals surface area contributed by atoms with Crippen LogP contribution in [0.2, 0.25) is 0 Å². The second-order valence-corrected chi connectivity index (χ2v) is 7.60. The minimum atomic E-state index is 0.220. The number of phenols is 1. The third kappa shape index (κ3) is 1.21. The van der Waals surface area contributed by atoms with Crippen LogP contribution in [0.5, 0.6) is 5.75 Å². The number of epoxide rings is 1. The lowest BCUT2D eigenvalue weighted by Crippen LogP contribution is -2.41. The average molecular weight is 270 g/mol. The maximum atomic E-state index is 9.70. The van der Waals surface area contributed by atoms with Crippen molar-refractivity contribution in [2.24, 2.45) is 11.8 Å². The average Bonchev–Trinajstić information content (AvgIpc) is 2.91. The predicted octanol–water partition coefficient (Wildman–Crippen LogP) is 3.77. The minimum Gasteiger partial charge on any atom is -0.508 e. The van der Waals surface area contributed by atoms with Crippen molar-refractivity contribution in [3.8, 4) is 5.75 Å². The third-order valence-electron chi connectivity index (χ3n) is 6.93. The third-order valence-corrected chi connectivity index (χ3v) is 6.93. The molecule has 2 heteroatoms. The Morgan fingerprint density at radius 3 is 2.95 bits per heavy atom. The predicted molar refractivity (Wildman–Crippen MR) is 76.8 cm³/mol. The van der Waals surface area contributed by atoms with Crippen LogP contribution in [0, 0.1) is 11.8 Å². The first-order valence-corrected chi connectivity index (χ1v) is 8.15. The van der Waals surface area contributed by atoms with Gasteiger partial charge in [-0.1, -0.05) is 6.07 Å². The molecular weight excluding hydrogens is 248 g/mol. The second kappa shape index (κ2) is 3.41. The molecule has 0 radical (unpaired) electrons. The molecule has 1 aromatic carbocycles. The molecule has 1 N–H and O–H groups in total. The molecule has 0 bridgehead atoms. The summed E-state index contributed by atoms with van der Waals surface area (Å²) in [6.45, 7) is 2.34. The van der Waals surface area contributed by atoms with E-state index < -0.39 is 0 Å². The molecule has 106 valence electrons. The van der Waals surface area contributed by atoms with Crippen LogP contribution >= 0.6 is 0 Å². The molecule has 0 aromatic heterocycles. The second-order valence-electron chi connectivity index (χ2n) is 7.60. The summed E-state index contributed by atoms with van der Waals surface area (Å²) in [7, 11) is 0. The lowest BCUT2D eigenvalue weighted by atomic mass is 9.60. The van der Waals surface area contributed by atoms with E-state index >= 15 is 0 Å². The highest BCUT2D eigenvalue weighted by molar-refractivity contribution is 5.41. The highest BCUT2D eigenvalue weighted by Gasteiger charge is 2.76. The SMILES string of the molecule is C[C@@]12CC[C@H]3[C@@H]4CCc5cc(O)ccc5[C@H]4CCC31O2. The van der Waals surface area contributed by atoms with Crippen LogP contribution in [0.1, 0.15) is 56.1 Å². The molecule has 5 rings (SSSR count). The Bertz CT molecular complexity index is 595. The smallest absolute Gasteiger partial charge is 0.115 e. The van der Waals surface area contributed by atoms with E-state index in [0.29, 0.717) is 11.7 Å². The van der Waals surface area contributed by atoms with Crippen LogP contribution in [-0.2, 0) is 11.2 Å². The van der Waals surface area contributed by atoms with E-state index in [9.17, 15) is 5.11 Å². The van der Waals surface area contributed by atoms with Gasteiger partial charge in [0.25, 0.3) is 0 Å². The molecule has 1 saturated heterocycles. The summed E-state index contributed by atoms with van der Waals surface area (Å²) in [6.07, 6.45) is 7.57. The number of rotatable bonds is 0. The van der Waals surface area contributed by atoms with Gasteiger partial charge in [-0.25, -0.2) is 0 Å². The number of fused-ring (bicyclic) bond motifs is 4. The molecule has 1 heterocycles. The fraction of sp³-hybridized carbons (Fsp3) is 0.667. The number of aromatic hydroxyl groups is 1. The zero-order valence-electron chi connectivity index (χ0n) is 12.1. The quantitative estimate of drug-likeness (QED) is 0.728. The Balaban J connectivity index is 1.54. The summed E-state index contributed by atoms with van der Waals surface area (Å²) in [4.78, 5) is 0. The molecule has 4 aliphatic rings. The number of hydrogen-bond acceptors (Lipinski definition) is 2. The normalized spacial score (nSPS) is 48.0. The Hall–Kier alpha value is -1.02. The van der Waals surface area contributed by atoms with Gasteiger partial charge in [0.15, 0.2) is 0 Å². The summed E-state index contributed by atoms with van der Waals surface area (Å²) in [5.74, 6) is 2.73. The van der Waals surface area contributed by atoms with E-state index in [0.717, 1.165) is 18.3 Å². The van der Waals surface area contributed by atoms with Gasteiger partial charge in [-0.2, -0.15) is 0 Å². The van der Waals surface area contributed by atoms with Crippen molar-refractivity contribution in [3.05, 3.63) is 29.3 Å². The standard InChI is InChI=1S/C18H22O2/c1-17-8-7-16-15-4-2-11-10-12(19)3-5-13(11)14(15)6-9-18(16,17)20-17/h3,5,10,14-16,19H,2,4,6-9H2,1H3/t14-,15-,16+,17-,18?/m1/s1. The molecular formula is C18H22O2. The topological polar surface area (TPSA) is 32.8 Å². The van der Waals surface area contributed by atoms with E-state index in [1.165, 1.54) is 43.2 Å². The zero-order valence-corrected chi connectivity index (χ0v) is 12.1. The van der Waals surface area contributed by atoms with Crippen molar-refractivity contribution in [1.29, 1.82) is 0 Å². The summed E-state index contributed by atoms with van der Waals surface area (Å²) in [5.41, 5.74) is 3.38. The molecule has 0 amide bonds. The number of benzene rings is 1. The molecule has 1 unspecified atom stereocenters. The number of aryl methyl sites for hydroxylation is 1. The van der Waals surface area contributed by atoms with Gasteiger partial charge in [0.1, 0.15) is 11.4 Å². The monoisotopic (exact) mass is 270 g/mol. The van der Waals surface area contributed by atoms with Crippen molar-refractivity contribution in [3.63, 3.8) is 0 Å². The molecule has 1 aromatic rings. The summed E-state index contributed by atoms with van der Waals surface area (Å²) < 4.78 is 6.25. The van der Waals surface area contributed by atoms with Gasteiger partial charge in [-0.15, -0.1) is 0 Å². The van der Waals surface area contributed by atoms with Crippen molar-refractivity contribution in [1.82, 2.24) is 0 Å². The Kier molecular flexibility index (Phi) is 1.98. The fourth-order valence-corrected chi connectivity index (χ4v) is 5.98. The highest BCUT2D eigenvalue weighted by Crippen LogP contribution is 2.71. The molecule has 1 spiro atoms. The van der Waals surface area contributed by atoms with Gasteiger partial charge >= 0.3 is 0 Å². The summed E-state index contributed by atoms with van der Waals surface area (Å²) >= 11 is 0. The maximum Gasteiger partial charge on any atom is 0.115 e. The van der Waals surface area contributed by atoms with Crippen molar-refractivity contribution < 1.29 is 9.84 Å². The first-order chi connectivity index (χ1) is 9.63. The van der Waals surface area contributed by atoms with Crippen LogP contribution in [0.25, 0.3) is 0 Å². The van der Waals surface area contributed by atoms with E-state index in [4.69, 9.17) is 4.74 Å². The van der Waals surface area contributed by atoms with Crippen LogP contribution in [0.3, 0.4) is 0 Å². The molecule has 20 heavy (non-hydrogen) atoms. The molecule has 3 aliphatic carbocycles. The number of ether oxygens (including phenoxy) is 1. The van der Waals surface area contributed by atoms with Gasteiger partial charge in [0.05, 0.1) is 5.60 Å². The molecule has 2 saturated carbocycles. The Labute approximate surface area is 120 Å². The molecule has 3 fully saturated rings. The minimum absolute atomic E-state index is 0.220. The fourth-order valence-electron chi connectivity index (χ4n) is 5.98. The van der Waals surface area contributed by atoms with E-state index in [1.54, 1.807) is 0 Å². The summed E-state index contributed by atoms with van der Waals surface area (Å²) in [5, 5.41) is 9.70. The van der Waals surface area contributed by atoms with Gasteiger partial charge in [-0.05, 0) is 86.5 Å². The van der Waals surface area contributed by atoms with Gasteiger partial charge in [0, 0.05) is 0 Å². The van der Waals surface area contributed by atoms with Crippen LogP contribution in [0.4, 0.5) is 0 Å². The molecule has 2 nitrogen and oxygen atoms in total. The Morgan fingerprint density at radius 2 is 2.10 bits per heavy atom.